The first-order chi connectivity index (χ1) is 20.9. The van der Waals surface area contributed by atoms with Crippen LogP contribution in [0.1, 0.15) is 58.9 Å². The molecule has 0 spiro atoms. The van der Waals surface area contributed by atoms with Gasteiger partial charge in [0.1, 0.15) is 0 Å². The van der Waals surface area contributed by atoms with E-state index >= 15 is 0 Å². The number of carbonyl (C=O) groups is 2. The maximum Gasteiger partial charge on any atom is 0.335 e. The monoisotopic (exact) mass is 588 g/mol. The van der Waals surface area contributed by atoms with Crippen molar-refractivity contribution < 1.29 is 28.6 Å². The minimum absolute atomic E-state index is 0.0530. The van der Waals surface area contributed by atoms with E-state index in [4.69, 9.17) is 14.6 Å². The summed E-state index contributed by atoms with van der Waals surface area (Å²) in [6, 6.07) is 18.2. The molecule has 2 amide bonds. The Kier molecular flexibility index (Phi) is 8.58. The third kappa shape index (κ3) is 6.35. The average molecular weight is 589 g/mol. The van der Waals surface area contributed by atoms with Gasteiger partial charge in [0.15, 0.2) is 11.6 Å². The Morgan fingerprint density at radius 1 is 1.02 bits per heavy atom. The van der Waals surface area contributed by atoms with Gasteiger partial charge in [0.2, 0.25) is 5.88 Å². The summed E-state index contributed by atoms with van der Waals surface area (Å²) in [6.45, 7) is 6.50. The molecule has 1 atom stereocenters. The van der Waals surface area contributed by atoms with Crippen LogP contribution < -0.4 is 4.74 Å². The fourth-order valence-corrected chi connectivity index (χ4v) is 6.50. The lowest BCUT2D eigenvalue weighted by atomic mass is 9.98. The Bertz CT molecular complexity index is 1460. The molecule has 4 heterocycles. The smallest absolute Gasteiger partial charge is 0.335 e. The third-order valence-corrected chi connectivity index (χ3v) is 8.90. The van der Waals surface area contributed by atoms with Crippen molar-refractivity contribution >= 4 is 12.0 Å². The number of likely N-dealkylation sites (tertiary alicyclic amines) is 1. The number of nitrogens with zero attached hydrogens (tertiary/aromatic N) is 4. The summed E-state index contributed by atoms with van der Waals surface area (Å²) in [6.07, 6.45) is 3.58. The summed E-state index contributed by atoms with van der Waals surface area (Å²) >= 11 is 0. The standard InChI is InChI=1S/C33H37FN4O5/c1-22-25(8-10-31(35-22)43-30-9-7-24(32(39)40)19-28(30)34)20-36-15-11-27(12-16-36)38-29(23-5-3-2-4-6-23)21-37(33(38)41)26-13-17-42-18-14-26/h2-10,19,26-27,29H,11-18,20-21H2,1H3,(H,39,40). The third-order valence-electron chi connectivity index (χ3n) is 8.90. The SMILES string of the molecule is Cc1nc(Oc2ccc(C(=O)O)cc2F)ccc1CN1CCC(N2C(=O)N(C3CCOCC3)CC2c2ccccc2)CC1. The second-order valence-corrected chi connectivity index (χ2v) is 11.6. The van der Waals surface area contributed by atoms with Crippen LogP contribution in [0, 0.1) is 12.7 Å². The first-order valence-corrected chi connectivity index (χ1v) is 15.0. The number of halogens is 1. The minimum atomic E-state index is -1.20. The Balaban J connectivity index is 1.09. The molecule has 0 aliphatic carbocycles. The molecular formula is C33H37FN4O5. The van der Waals surface area contributed by atoms with Gasteiger partial charge >= 0.3 is 12.0 Å². The average Bonchev–Trinajstić information content (AvgIpc) is 3.37. The molecule has 1 N–H and O–H groups in total. The van der Waals surface area contributed by atoms with Crippen molar-refractivity contribution in [2.24, 2.45) is 0 Å². The number of urea groups is 1. The molecule has 0 radical (unpaired) electrons. The maximum atomic E-state index is 14.3. The zero-order valence-corrected chi connectivity index (χ0v) is 24.3. The van der Waals surface area contributed by atoms with Crippen molar-refractivity contribution in [3.63, 3.8) is 0 Å². The van der Waals surface area contributed by atoms with Crippen LogP contribution in [0.3, 0.4) is 0 Å². The number of aromatic carboxylic acids is 1. The molecule has 3 saturated heterocycles. The van der Waals surface area contributed by atoms with Gasteiger partial charge in [-0.25, -0.2) is 19.0 Å². The molecule has 1 unspecified atom stereocenters. The van der Waals surface area contributed by atoms with Crippen LogP contribution in [0.25, 0.3) is 0 Å². The maximum absolute atomic E-state index is 14.3. The van der Waals surface area contributed by atoms with E-state index in [1.807, 2.05) is 19.1 Å². The van der Waals surface area contributed by atoms with Crippen LogP contribution in [0.5, 0.6) is 11.6 Å². The minimum Gasteiger partial charge on any atom is -0.478 e. The molecule has 3 aliphatic heterocycles. The molecule has 3 aromatic rings. The first-order valence-electron chi connectivity index (χ1n) is 15.0. The van der Waals surface area contributed by atoms with E-state index in [2.05, 4.69) is 43.9 Å². The number of aromatic nitrogens is 1. The number of pyridine rings is 1. The molecule has 3 fully saturated rings. The summed E-state index contributed by atoms with van der Waals surface area (Å²) in [5.74, 6) is -1.79. The van der Waals surface area contributed by atoms with Crippen LogP contribution in [-0.2, 0) is 11.3 Å². The van der Waals surface area contributed by atoms with E-state index in [-0.39, 0.29) is 41.3 Å². The molecule has 43 heavy (non-hydrogen) atoms. The van der Waals surface area contributed by atoms with Gasteiger partial charge in [-0.2, -0.15) is 0 Å². The van der Waals surface area contributed by atoms with E-state index in [1.165, 1.54) is 17.7 Å². The summed E-state index contributed by atoms with van der Waals surface area (Å²) in [4.78, 5) is 36.1. The lowest BCUT2D eigenvalue weighted by Gasteiger charge is -2.39. The summed E-state index contributed by atoms with van der Waals surface area (Å²) in [5.41, 5.74) is 2.88. The van der Waals surface area contributed by atoms with Crippen LogP contribution >= 0.6 is 0 Å². The number of aryl methyl sites for hydroxylation is 1. The Labute approximate surface area is 250 Å². The van der Waals surface area contributed by atoms with Gasteiger partial charge in [-0.05, 0) is 61.9 Å². The number of rotatable bonds is 8. The van der Waals surface area contributed by atoms with Crippen LogP contribution in [0.4, 0.5) is 9.18 Å². The van der Waals surface area contributed by atoms with Crippen molar-refractivity contribution in [2.75, 3.05) is 32.8 Å². The highest BCUT2D eigenvalue weighted by molar-refractivity contribution is 5.87. The Morgan fingerprint density at radius 3 is 2.44 bits per heavy atom. The summed E-state index contributed by atoms with van der Waals surface area (Å²) < 4.78 is 25.5. The topological polar surface area (TPSA) is 95.4 Å². The number of benzene rings is 2. The molecular weight excluding hydrogens is 551 g/mol. The molecule has 2 aromatic carbocycles. The number of hydrogen-bond acceptors (Lipinski definition) is 6. The van der Waals surface area contributed by atoms with Crippen molar-refractivity contribution in [1.29, 1.82) is 0 Å². The number of hydrogen-bond donors (Lipinski definition) is 1. The number of piperidine rings is 1. The molecule has 0 saturated carbocycles. The number of carbonyl (C=O) groups excluding carboxylic acids is 1. The van der Waals surface area contributed by atoms with Gasteiger partial charge in [-0.15, -0.1) is 0 Å². The van der Waals surface area contributed by atoms with Gasteiger partial charge in [0.05, 0.1) is 11.6 Å². The molecule has 3 aliphatic rings. The van der Waals surface area contributed by atoms with Crippen molar-refractivity contribution in [3.05, 3.63) is 88.9 Å². The first kappa shape index (κ1) is 29.1. The molecule has 1 aromatic heterocycles. The number of ether oxygens (including phenoxy) is 2. The highest BCUT2D eigenvalue weighted by atomic mass is 19.1. The predicted molar refractivity (Wildman–Crippen MR) is 158 cm³/mol. The normalized spacial score (nSPS) is 20.5. The van der Waals surface area contributed by atoms with Gasteiger partial charge < -0.3 is 24.4 Å². The number of carboxylic acids is 1. The molecule has 9 nitrogen and oxygen atoms in total. The van der Waals surface area contributed by atoms with Crippen LogP contribution in [0.2, 0.25) is 0 Å². The molecule has 0 bridgehead atoms. The fourth-order valence-electron chi connectivity index (χ4n) is 6.50. The van der Waals surface area contributed by atoms with Crippen LogP contribution in [0.15, 0.2) is 60.7 Å². The second-order valence-electron chi connectivity index (χ2n) is 11.6. The van der Waals surface area contributed by atoms with Gasteiger partial charge in [-0.3, -0.25) is 4.90 Å². The lowest BCUT2D eigenvalue weighted by Crippen LogP contribution is -2.48. The predicted octanol–water partition coefficient (Wildman–Crippen LogP) is 5.64. The van der Waals surface area contributed by atoms with Crippen molar-refractivity contribution in [3.8, 4) is 11.6 Å². The van der Waals surface area contributed by atoms with Gasteiger partial charge in [0.25, 0.3) is 0 Å². The van der Waals surface area contributed by atoms with Crippen LogP contribution in [-0.4, -0.2) is 81.7 Å². The van der Waals surface area contributed by atoms with E-state index in [0.717, 1.165) is 69.2 Å². The van der Waals surface area contributed by atoms with E-state index in [0.29, 0.717) is 13.2 Å². The fraction of sp³-hybridized carbons (Fsp3) is 0.424. The highest BCUT2D eigenvalue weighted by Gasteiger charge is 2.45. The number of amides is 2. The summed E-state index contributed by atoms with van der Waals surface area (Å²) in [5, 5.41) is 9.04. The summed E-state index contributed by atoms with van der Waals surface area (Å²) in [7, 11) is 0. The largest absolute Gasteiger partial charge is 0.478 e. The second kappa shape index (κ2) is 12.7. The van der Waals surface area contributed by atoms with E-state index in [1.54, 1.807) is 6.07 Å². The highest BCUT2D eigenvalue weighted by Crippen LogP contribution is 2.37. The molecule has 10 heteroatoms. The molecule has 226 valence electrons. The quantitative estimate of drug-likeness (QED) is 0.364. The molecule has 6 rings (SSSR count). The zero-order valence-electron chi connectivity index (χ0n) is 24.3. The van der Waals surface area contributed by atoms with Crippen molar-refractivity contribution in [2.45, 2.75) is 57.3 Å². The van der Waals surface area contributed by atoms with Crippen molar-refractivity contribution in [1.82, 2.24) is 19.7 Å². The van der Waals surface area contributed by atoms with Gasteiger partial charge in [0, 0.05) is 63.2 Å². The van der Waals surface area contributed by atoms with Gasteiger partial charge in [-0.1, -0.05) is 36.4 Å². The van der Waals surface area contributed by atoms with E-state index in [9.17, 15) is 14.0 Å². The Hall–Kier alpha value is -4.02. The van der Waals surface area contributed by atoms with E-state index < -0.39 is 11.8 Å². The zero-order chi connectivity index (χ0) is 29.9. The number of carboxylic acid groups (broad SMARTS) is 1. The Morgan fingerprint density at radius 2 is 1.77 bits per heavy atom. The lowest BCUT2D eigenvalue weighted by molar-refractivity contribution is 0.0493.